The Bertz CT molecular complexity index is 230. The highest BCUT2D eigenvalue weighted by molar-refractivity contribution is 9.10. The highest BCUT2D eigenvalue weighted by Crippen LogP contribution is 2.30. The van der Waals surface area contributed by atoms with E-state index in [0.717, 1.165) is 6.33 Å². The molecule has 0 atom stereocenters. The summed E-state index contributed by atoms with van der Waals surface area (Å²) in [5.74, 6) is 0. The van der Waals surface area contributed by atoms with Crippen LogP contribution in [0.3, 0.4) is 0 Å². The summed E-state index contributed by atoms with van der Waals surface area (Å²) in [5, 5.41) is 6.55. The zero-order valence-corrected chi connectivity index (χ0v) is 7.60. The smallest absolute Gasteiger partial charge is 0.237 e. The number of alkyl halides is 3. The van der Waals surface area contributed by atoms with Crippen LogP contribution in [0.25, 0.3) is 0 Å². The molecule has 7 heteroatoms. The lowest BCUT2D eigenvalue weighted by Crippen LogP contribution is -2.13. The Morgan fingerprint density at radius 2 is 2.20 bits per heavy atom. The lowest BCUT2D eigenvalue weighted by molar-refractivity contribution is 0.0303. The molecule has 0 aliphatic rings. The summed E-state index contributed by atoms with van der Waals surface area (Å²) in [5.41, 5.74) is 0. The van der Waals surface area contributed by atoms with Crippen LogP contribution in [0.2, 0.25) is 0 Å². The van der Waals surface area contributed by atoms with E-state index in [4.69, 9.17) is 0 Å². The fraction of sp³-hybridized carbons (Fsp3) is 0.333. The molecule has 56 valence electrons. The van der Waals surface area contributed by atoms with Gasteiger partial charge in [-0.1, -0.05) is 0 Å². The van der Waals surface area contributed by atoms with Crippen LogP contribution in [0.15, 0.2) is 11.1 Å². The first-order valence-electron chi connectivity index (χ1n) is 2.14. The van der Waals surface area contributed by atoms with Gasteiger partial charge in [0.1, 0.15) is 6.33 Å². The summed E-state index contributed by atoms with van der Waals surface area (Å²) in [4.78, 5) is -3.13. The highest BCUT2D eigenvalue weighted by Gasteiger charge is 2.28. The molecule has 10 heavy (non-hydrogen) atoms. The van der Waals surface area contributed by atoms with Crippen molar-refractivity contribution in [3.63, 3.8) is 0 Å². The van der Waals surface area contributed by atoms with Gasteiger partial charge in [0.25, 0.3) is 0 Å². The van der Waals surface area contributed by atoms with Gasteiger partial charge in [0.2, 0.25) is 4.73 Å². The molecule has 3 nitrogen and oxygen atoms in total. The van der Waals surface area contributed by atoms with E-state index in [1.165, 1.54) is 0 Å². The maximum Gasteiger partial charge on any atom is 0.389 e. The number of halogens is 4. The molecule has 0 fully saturated rings. The van der Waals surface area contributed by atoms with Crippen molar-refractivity contribution in [2.24, 2.45) is 0 Å². The Morgan fingerprint density at radius 3 is 2.40 bits per heavy atom. The lowest BCUT2D eigenvalue weighted by atomic mass is 11.0. The van der Waals surface area contributed by atoms with Crippen molar-refractivity contribution < 1.29 is 8.78 Å². The third-order valence-electron chi connectivity index (χ3n) is 0.779. The fourth-order valence-corrected chi connectivity index (χ4v) is 1.29. The molecule has 0 aliphatic carbocycles. The SMILES string of the molecule is FC(F)(Br)n1cnnc1Br. The number of hydrogen-bond acceptors (Lipinski definition) is 2. The molecule has 1 rings (SSSR count). The molecule has 1 heterocycles. The fourth-order valence-electron chi connectivity index (χ4n) is 0.391. The van der Waals surface area contributed by atoms with E-state index >= 15 is 0 Å². The number of rotatable bonds is 1. The first-order valence-corrected chi connectivity index (χ1v) is 3.73. The summed E-state index contributed by atoms with van der Waals surface area (Å²) in [6, 6.07) is 0. The van der Waals surface area contributed by atoms with Crippen molar-refractivity contribution >= 4 is 31.9 Å². The standard InChI is InChI=1S/C3HBr2F2N3/c4-2-9-8-1-10(2)3(5,6)7/h1H. The summed E-state index contributed by atoms with van der Waals surface area (Å²) in [7, 11) is 0. The van der Waals surface area contributed by atoms with Gasteiger partial charge < -0.3 is 0 Å². The average molecular weight is 277 g/mol. The predicted octanol–water partition coefficient (Wildman–Crippen LogP) is 1.94. The quantitative estimate of drug-likeness (QED) is 0.734. The van der Waals surface area contributed by atoms with E-state index < -0.39 is 4.96 Å². The number of hydrogen-bond donors (Lipinski definition) is 0. The summed E-state index contributed by atoms with van der Waals surface area (Å²) in [6.07, 6.45) is 0.916. The van der Waals surface area contributed by atoms with Crippen molar-refractivity contribution in [1.82, 2.24) is 14.8 Å². The van der Waals surface area contributed by atoms with Crippen LogP contribution in [0.5, 0.6) is 0 Å². The summed E-state index contributed by atoms with van der Waals surface area (Å²) >= 11 is 4.92. The van der Waals surface area contributed by atoms with E-state index in [0.29, 0.717) is 4.57 Å². The second kappa shape index (κ2) is 2.54. The third kappa shape index (κ3) is 1.51. The van der Waals surface area contributed by atoms with Gasteiger partial charge in [-0.2, -0.15) is 8.78 Å². The number of aromatic nitrogens is 3. The van der Waals surface area contributed by atoms with Crippen molar-refractivity contribution in [2.75, 3.05) is 0 Å². The van der Waals surface area contributed by atoms with Crippen LogP contribution in [-0.4, -0.2) is 14.8 Å². The molecule has 0 amide bonds. The Hall–Kier alpha value is -0.0400. The van der Waals surface area contributed by atoms with E-state index in [2.05, 4.69) is 42.1 Å². The zero-order chi connectivity index (χ0) is 7.78. The summed E-state index contributed by atoms with van der Waals surface area (Å²) in [6.45, 7) is 0. The van der Waals surface area contributed by atoms with Crippen molar-refractivity contribution in [2.45, 2.75) is 4.96 Å². The van der Waals surface area contributed by atoms with Crippen LogP contribution in [0.1, 0.15) is 0 Å². The molecule has 0 spiro atoms. The molecule has 0 bridgehead atoms. The molecular formula is C3HBr2F2N3. The van der Waals surface area contributed by atoms with Gasteiger partial charge in [-0.15, -0.1) is 10.2 Å². The van der Waals surface area contributed by atoms with Crippen LogP contribution >= 0.6 is 31.9 Å². The van der Waals surface area contributed by atoms with Gasteiger partial charge in [0, 0.05) is 15.9 Å². The normalized spacial score (nSPS) is 12.0. The Labute approximate surface area is 71.7 Å². The molecule has 0 saturated carbocycles. The van der Waals surface area contributed by atoms with Gasteiger partial charge in [-0.3, -0.25) is 0 Å². The monoisotopic (exact) mass is 275 g/mol. The molecular weight excluding hydrogens is 276 g/mol. The minimum Gasteiger partial charge on any atom is -0.237 e. The van der Waals surface area contributed by atoms with Gasteiger partial charge in [-0.05, 0) is 15.9 Å². The second-order valence-electron chi connectivity index (χ2n) is 1.44. The zero-order valence-electron chi connectivity index (χ0n) is 4.43. The molecule has 0 radical (unpaired) electrons. The maximum absolute atomic E-state index is 12.3. The molecule has 0 N–H and O–H groups in total. The van der Waals surface area contributed by atoms with E-state index in [1.807, 2.05) is 0 Å². The molecule has 0 aliphatic heterocycles. The van der Waals surface area contributed by atoms with Crippen molar-refractivity contribution in [1.29, 1.82) is 0 Å². The molecule has 1 aromatic heterocycles. The lowest BCUT2D eigenvalue weighted by Gasteiger charge is -2.07. The van der Waals surface area contributed by atoms with Crippen molar-refractivity contribution in [3.8, 4) is 0 Å². The Balaban J connectivity index is 3.05. The van der Waals surface area contributed by atoms with Crippen LogP contribution in [0.4, 0.5) is 8.78 Å². The first-order chi connectivity index (χ1) is 4.52. The maximum atomic E-state index is 12.3. The third-order valence-corrected chi connectivity index (χ3v) is 1.70. The van der Waals surface area contributed by atoms with E-state index in [-0.39, 0.29) is 4.73 Å². The van der Waals surface area contributed by atoms with Crippen LogP contribution < -0.4 is 0 Å². The van der Waals surface area contributed by atoms with Gasteiger partial charge in [0.05, 0.1) is 0 Å². The van der Waals surface area contributed by atoms with Gasteiger partial charge in [0.15, 0.2) is 0 Å². The average Bonchev–Trinajstić information content (AvgIpc) is 2.11. The van der Waals surface area contributed by atoms with E-state index in [1.54, 1.807) is 0 Å². The highest BCUT2D eigenvalue weighted by atomic mass is 79.9. The molecule has 0 aromatic carbocycles. The molecule has 1 aromatic rings. The molecule has 0 saturated heterocycles. The van der Waals surface area contributed by atoms with Gasteiger partial charge in [-0.25, -0.2) is 4.57 Å². The topological polar surface area (TPSA) is 30.7 Å². The minimum atomic E-state index is -3.13. The van der Waals surface area contributed by atoms with Crippen LogP contribution in [-0.2, 0) is 4.96 Å². The Kier molecular flexibility index (Phi) is 2.04. The van der Waals surface area contributed by atoms with Gasteiger partial charge >= 0.3 is 4.96 Å². The number of nitrogens with zero attached hydrogens (tertiary/aromatic N) is 3. The first kappa shape index (κ1) is 8.06. The minimum absolute atomic E-state index is 0.0191. The van der Waals surface area contributed by atoms with Crippen molar-refractivity contribution in [3.05, 3.63) is 11.1 Å². The largest absolute Gasteiger partial charge is 0.389 e. The summed E-state index contributed by atoms with van der Waals surface area (Å²) < 4.78 is 25.2. The molecule has 0 unspecified atom stereocenters. The predicted molar refractivity (Wildman–Crippen MR) is 36.8 cm³/mol. The second-order valence-corrected chi connectivity index (χ2v) is 3.10. The van der Waals surface area contributed by atoms with E-state index in [9.17, 15) is 8.78 Å². The Morgan fingerprint density at radius 1 is 1.60 bits per heavy atom. The van der Waals surface area contributed by atoms with Crippen LogP contribution in [0, 0.1) is 0 Å².